The van der Waals surface area contributed by atoms with Crippen LogP contribution in [0.3, 0.4) is 0 Å². The molecule has 170 valence electrons. The first-order valence-electron chi connectivity index (χ1n) is 10.9. The highest BCUT2D eigenvalue weighted by Crippen LogP contribution is 2.24. The van der Waals surface area contributed by atoms with E-state index in [1.54, 1.807) is 50.8 Å². The molecular formula is C28H25N3O3. The topological polar surface area (TPSA) is 71.5 Å². The van der Waals surface area contributed by atoms with Gasteiger partial charge in [0.25, 0.3) is 5.91 Å². The van der Waals surface area contributed by atoms with Crippen molar-refractivity contribution in [1.82, 2.24) is 15.2 Å². The van der Waals surface area contributed by atoms with Crippen LogP contribution in [0.5, 0.6) is 5.75 Å². The summed E-state index contributed by atoms with van der Waals surface area (Å²) >= 11 is 0. The average Bonchev–Trinajstić information content (AvgIpc) is 2.89. The first kappa shape index (κ1) is 22.7. The fraction of sp³-hybridized carbons (Fsp3) is 0.107. The molecule has 0 bridgehead atoms. The van der Waals surface area contributed by atoms with Crippen LogP contribution in [0.15, 0.2) is 97.3 Å². The van der Waals surface area contributed by atoms with Crippen LogP contribution in [0.1, 0.15) is 15.9 Å². The maximum atomic E-state index is 12.6. The molecule has 0 radical (unpaired) electrons. The predicted octanol–water partition coefficient (Wildman–Crippen LogP) is 5.41. The van der Waals surface area contributed by atoms with E-state index in [-0.39, 0.29) is 5.91 Å². The van der Waals surface area contributed by atoms with Gasteiger partial charge in [0.1, 0.15) is 5.75 Å². The number of ether oxygens (including phenoxy) is 1. The third-order valence-corrected chi connectivity index (χ3v) is 5.44. The van der Waals surface area contributed by atoms with Crippen LogP contribution >= 0.6 is 0 Å². The maximum Gasteiger partial charge on any atom is 0.415 e. The zero-order valence-corrected chi connectivity index (χ0v) is 19.1. The van der Waals surface area contributed by atoms with Gasteiger partial charge >= 0.3 is 6.09 Å². The van der Waals surface area contributed by atoms with E-state index in [2.05, 4.69) is 16.4 Å². The number of nitrogens with one attached hydrogen (secondary N) is 1. The van der Waals surface area contributed by atoms with Gasteiger partial charge in [0.05, 0.1) is 0 Å². The molecule has 0 saturated carbocycles. The van der Waals surface area contributed by atoms with Crippen LogP contribution in [0, 0.1) is 0 Å². The van der Waals surface area contributed by atoms with Crippen LogP contribution in [-0.4, -0.2) is 36.0 Å². The van der Waals surface area contributed by atoms with Crippen molar-refractivity contribution >= 4 is 12.0 Å². The van der Waals surface area contributed by atoms with Crippen molar-refractivity contribution in [2.24, 2.45) is 0 Å². The average molecular weight is 452 g/mol. The summed E-state index contributed by atoms with van der Waals surface area (Å²) in [6, 6.07) is 26.6. The number of nitrogens with zero attached hydrogens (tertiary/aromatic N) is 2. The lowest BCUT2D eigenvalue weighted by Crippen LogP contribution is -2.29. The molecule has 3 aromatic carbocycles. The number of hydrogen-bond acceptors (Lipinski definition) is 4. The molecule has 1 heterocycles. The van der Waals surface area contributed by atoms with Crippen LogP contribution in [0.25, 0.3) is 22.3 Å². The molecule has 0 aliphatic rings. The third-order valence-electron chi connectivity index (χ3n) is 5.44. The summed E-state index contributed by atoms with van der Waals surface area (Å²) in [5.74, 6) is 0.343. The molecule has 34 heavy (non-hydrogen) atoms. The first-order chi connectivity index (χ1) is 16.5. The van der Waals surface area contributed by atoms with Crippen molar-refractivity contribution < 1.29 is 14.3 Å². The molecule has 0 spiro atoms. The molecule has 0 unspecified atom stereocenters. The second kappa shape index (κ2) is 10.4. The van der Waals surface area contributed by atoms with E-state index in [9.17, 15) is 9.59 Å². The summed E-state index contributed by atoms with van der Waals surface area (Å²) in [6.07, 6.45) is 3.09. The molecule has 1 N–H and O–H groups in total. The summed E-state index contributed by atoms with van der Waals surface area (Å²) in [6.45, 7) is 0.424. The number of carbonyl (C=O) groups is 2. The van der Waals surface area contributed by atoms with E-state index in [0.29, 0.717) is 17.9 Å². The Kier molecular flexibility index (Phi) is 6.98. The van der Waals surface area contributed by atoms with Crippen LogP contribution in [0.2, 0.25) is 0 Å². The Morgan fingerprint density at radius 3 is 2.09 bits per heavy atom. The molecule has 6 heteroatoms. The number of hydrogen-bond donors (Lipinski definition) is 1. The van der Waals surface area contributed by atoms with Crippen molar-refractivity contribution in [3.63, 3.8) is 0 Å². The largest absolute Gasteiger partial charge is 0.415 e. The summed E-state index contributed by atoms with van der Waals surface area (Å²) in [4.78, 5) is 29.9. The number of benzene rings is 3. The lowest BCUT2D eigenvalue weighted by molar-refractivity contribution is 0.0963. The molecular weight excluding hydrogens is 426 g/mol. The van der Waals surface area contributed by atoms with E-state index < -0.39 is 6.09 Å². The molecule has 0 aliphatic carbocycles. The van der Waals surface area contributed by atoms with Gasteiger partial charge in [0, 0.05) is 38.6 Å². The smallest absolute Gasteiger partial charge is 0.410 e. The van der Waals surface area contributed by atoms with Gasteiger partial charge < -0.3 is 15.0 Å². The Bertz CT molecular complexity index is 1270. The standard InChI is InChI=1S/C28H25N3O3/c1-29-27(32)24-8-6-21(7-9-24)22-10-12-26(13-11-22)34-28(33)31(2)19-20-4-3-5-25(18-20)23-14-16-30-17-15-23/h3-18H,19H2,1-2H3,(H,29,32). The van der Waals surface area contributed by atoms with Gasteiger partial charge in [-0.15, -0.1) is 0 Å². The summed E-state index contributed by atoms with van der Waals surface area (Å²) < 4.78 is 5.55. The monoisotopic (exact) mass is 451 g/mol. The fourth-order valence-corrected chi connectivity index (χ4v) is 3.58. The molecule has 1 aromatic heterocycles. The third kappa shape index (κ3) is 5.48. The summed E-state index contributed by atoms with van der Waals surface area (Å²) in [5, 5.41) is 2.61. The SMILES string of the molecule is CNC(=O)c1ccc(-c2ccc(OC(=O)N(C)Cc3cccc(-c4ccncc4)c3)cc2)cc1. The summed E-state index contributed by atoms with van der Waals surface area (Å²) in [5.41, 5.74) is 5.68. The number of carbonyl (C=O) groups excluding carboxylic acids is 2. The van der Waals surface area contributed by atoms with Crippen molar-refractivity contribution in [3.8, 4) is 28.0 Å². The van der Waals surface area contributed by atoms with Crippen molar-refractivity contribution in [3.05, 3.63) is 108 Å². The Hall–Kier alpha value is -4.45. The minimum atomic E-state index is -0.433. The molecule has 6 nitrogen and oxygen atoms in total. The van der Waals surface area contributed by atoms with E-state index in [0.717, 1.165) is 27.8 Å². The lowest BCUT2D eigenvalue weighted by Gasteiger charge is -2.17. The van der Waals surface area contributed by atoms with Crippen molar-refractivity contribution in [2.75, 3.05) is 14.1 Å². The van der Waals surface area contributed by atoms with Crippen molar-refractivity contribution in [1.29, 1.82) is 0 Å². The molecule has 0 aliphatic heterocycles. The quantitative estimate of drug-likeness (QED) is 0.426. The predicted molar refractivity (Wildman–Crippen MR) is 132 cm³/mol. The Morgan fingerprint density at radius 2 is 1.44 bits per heavy atom. The highest BCUT2D eigenvalue weighted by atomic mass is 16.6. The van der Waals surface area contributed by atoms with E-state index in [1.807, 2.05) is 54.6 Å². The van der Waals surface area contributed by atoms with Crippen LogP contribution < -0.4 is 10.1 Å². The highest BCUT2D eigenvalue weighted by molar-refractivity contribution is 5.94. The van der Waals surface area contributed by atoms with Gasteiger partial charge in [-0.05, 0) is 70.3 Å². The van der Waals surface area contributed by atoms with Gasteiger partial charge in [-0.2, -0.15) is 0 Å². The number of pyridine rings is 1. The van der Waals surface area contributed by atoms with Gasteiger partial charge in [0.15, 0.2) is 0 Å². The Labute approximate surface area is 198 Å². The lowest BCUT2D eigenvalue weighted by atomic mass is 10.0. The number of amides is 2. The van der Waals surface area contributed by atoms with Gasteiger partial charge in [-0.25, -0.2) is 4.79 Å². The van der Waals surface area contributed by atoms with E-state index in [1.165, 1.54) is 4.90 Å². The first-order valence-corrected chi connectivity index (χ1v) is 10.9. The molecule has 0 atom stereocenters. The zero-order chi connectivity index (χ0) is 23.9. The second-order valence-electron chi connectivity index (χ2n) is 7.84. The molecule has 4 aromatic rings. The van der Waals surface area contributed by atoms with Crippen molar-refractivity contribution in [2.45, 2.75) is 6.54 Å². The molecule has 4 rings (SSSR count). The highest BCUT2D eigenvalue weighted by Gasteiger charge is 2.13. The Balaban J connectivity index is 1.38. The fourth-order valence-electron chi connectivity index (χ4n) is 3.58. The number of rotatable bonds is 6. The Morgan fingerprint density at radius 1 is 0.824 bits per heavy atom. The number of aromatic nitrogens is 1. The van der Waals surface area contributed by atoms with Gasteiger partial charge in [0.2, 0.25) is 0 Å². The van der Waals surface area contributed by atoms with E-state index >= 15 is 0 Å². The minimum Gasteiger partial charge on any atom is -0.410 e. The van der Waals surface area contributed by atoms with Crippen LogP contribution in [-0.2, 0) is 6.54 Å². The normalized spacial score (nSPS) is 10.4. The molecule has 2 amide bonds. The second-order valence-corrected chi connectivity index (χ2v) is 7.84. The van der Waals surface area contributed by atoms with Crippen LogP contribution in [0.4, 0.5) is 4.79 Å². The molecule has 0 saturated heterocycles. The summed E-state index contributed by atoms with van der Waals surface area (Å²) in [7, 11) is 3.32. The van der Waals surface area contributed by atoms with Gasteiger partial charge in [-0.1, -0.05) is 42.5 Å². The van der Waals surface area contributed by atoms with Gasteiger partial charge in [-0.3, -0.25) is 9.78 Å². The minimum absolute atomic E-state index is 0.123. The van der Waals surface area contributed by atoms with E-state index in [4.69, 9.17) is 4.74 Å². The molecule has 0 fully saturated rings. The maximum absolute atomic E-state index is 12.6. The zero-order valence-electron chi connectivity index (χ0n) is 19.1.